The maximum Gasteiger partial charge on any atom is 0.0684 e. The van der Waals surface area contributed by atoms with Crippen molar-refractivity contribution in [3.8, 4) is 0 Å². The summed E-state index contributed by atoms with van der Waals surface area (Å²) in [5.74, 6) is 0.869. The average Bonchev–Trinajstić information content (AvgIpc) is 1.96. The van der Waals surface area contributed by atoms with Gasteiger partial charge in [0.05, 0.1) is 6.10 Å². The molecule has 0 aromatic rings. The van der Waals surface area contributed by atoms with Crippen LogP contribution >= 0.6 is 11.8 Å². The molecule has 1 N–H and O–H groups in total. The molecule has 14 heavy (non-hydrogen) atoms. The summed E-state index contributed by atoms with van der Waals surface area (Å²) in [5.41, 5.74) is 0. The minimum atomic E-state index is -0.195. The third-order valence-corrected chi connectivity index (χ3v) is 3.97. The Bertz CT molecular complexity index is 158. The van der Waals surface area contributed by atoms with Crippen molar-refractivity contribution in [1.82, 2.24) is 0 Å². The molecule has 0 aliphatic carbocycles. The third-order valence-electron chi connectivity index (χ3n) is 2.17. The molecule has 0 heterocycles. The Morgan fingerprint density at radius 2 is 1.36 bits per heavy atom. The van der Waals surface area contributed by atoms with Gasteiger partial charge in [0.1, 0.15) is 0 Å². The Balaban J connectivity index is 4.45. The zero-order chi connectivity index (χ0) is 11.5. The monoisotopic (exact) mass is 218 g/mol. The standard InChI is InChI=1S/C12H26OS/c1-8(2)10(13)11(9(3)4)14-12(5,6)7/h8-11,13H,1-7H3/t10-,11+/m0/s1. The van der Waals surface area contributed by atoms with Gasteiger partial charge in [-0.1, -0.05) is 48.5 Å². The molecule has 0 saturated carbocycles. The largest absolute Gasteiger partial charge is 0.392 e. The van der Waals surface area contributed by atoms with Gasteiger partial charge >= 0.3 is 0 Å². The van der Waals surface area contributed by atoms with Crippen molar-refractivity contribution in [3.05, 3.63) is 0 Å². The molecule has 0 aliphatic rings. The van der Waals surface area contributed by atoms with Gasteiger partial charge in [-0.05, 0) is 11.8 Å². The lowest BCUT2D eigenvalue weighted by molar-refractivity contribution is 0.109. The zero-order valence-corrected chi connectivity index (χ0v) is 11.5. The molecule has 0 fully saturated rings. The van der Waals surface area contributed by atoms with Crippen LogP contribution in [0.5, 0.6) is 0 Å². The van der Waals surface area contributed by atoms with Crippen LogP contribution in [0.25, 0.3) is 0 Å². The van der Waals surface area contributed by atoms with Crippen molar-refractivity contribution in [2.45, 2.75) is 64.6 Å². The Kier molecular flexibility index (Phi) is 5.53. The first kappa shape index (κ1) is 14.3. The van der Waals surface area contributed by atoms with E-state index in [0.717, 1.165) is 0 Å². The molecule has 0 aromatic carbocycles. The number of aliphatic hydroxyl groups excluding tert-OH is 1. The van der Waals surface area contributed by atoms with Crippen LogP contribution in [0.15, 0.2) is 0 Å². The van der Waals surface area contributed by atoms with Crippen LogP contribution in [0, 0.1) is 11.8 Å². The molecule has 0 rings (SSSR count). The van der Waals surface area contributed by atoms with Crippen molar-refractivity contribution in [1.29, 1.82) is 0 Å². The van der Waals surface area contributed by atoms with Gasteiger partial charge in [-0.3, -0.25) is 0 Å². The summed E-state index contributed by atoms with van der Waals surface area (Å²) in [7, 11) is 0. The van der Waals surface area contributed by atoms with Crippen LogP contribution in [-0.4, -0.2) is 21.2 Å². The number of thioether (sulfide) groups is 1. The fourth-order valence-corrected chi connectivity index (χ4v) is 2.93. The van der Waals surface area contributed by atoms with E-state index in [2.05, 4.69) is 48.5 Å². The van der Waals surface area contributed by atoms with Gasteiger partial charge < -0.3 is 5.11 Å². The minimum absolute atomic E-state index is 0.195. The fourth-order valence-electron chi connectivity index (χ4n) is 1.39. The van der Waals surface area contributed by atoms with Crippen molar-refractivity contribution < 1.29 is 5.11 Å². The summed E-state index contributed by atoms with van der Waals surface area (Å²) in [6, 6.07) is 0. The summed E-state index contributed by atoms with van der Waals surface area (Å²) in [6.45, 7) is 15.2. The lowest BCUT2D eigenvalue weighted by atomic mass is 9.97. The molecule has 0 amide bonds. The Morgan fingerprint density at radius 3 is 1.57 bits per heavy atom. The topological polar surface area (TPSA) is 20.2 Å². The van der Waals surface area contributed by atoms with E-state index in [1.165, 1.54) is 0 Å². The van der Waals surface area contributed by atoms with Crippen molar-refractivity contribution in [2.75, 3.05) is 0 Å². The van der Waals surface area contributed by atoms with E-state index in [4.69, 9.17) is 0 Å². The molecule has 0 aromatic heterocycles. The van der Waals surface area contributed by atoms with E-state index in [1.807, 2.05) is 11.8 Å². The van der Waals surface area contributed by atoms with E-state index < -0.39 is 0 Å². The highest BCUT2D eigenvalue weighted by atomic mass is 32.2. The number of hydrogen-bond donors (Lipinski definition) is 1. The van der Waals surface area contributed by atoms with Gasteiger partial charge in [0.2, 0.25) is 0 Å². The highest BCUT2D eigenvalue weighted by molar-refractivity contribution is 8.01. The first-order valence-corrected chi connectivity index (χ1v) is 6.39. The molecular formula is C12H26OS. The van der Waals surface area contributed by atoms with Crippen molar-refractivity contribution >= 4 is 11.8 Å². The van der Waals surface area contributed by atoms with Crippen LogP contribution < -0.4 is 0 Å². The number of rotatable bonds is 4. The van der Waals surface area contributed by atoms with E-state index in [1.54, 1.807) is 0 Å². The summed E-state index contributed by atoms with van der Waals surface area (Å²) >= 11 is 1.90. The van der Waals surface area contributed by atoms with Crippen molar-refractivity contribution in [2.24, 2.45) is 11.8 Å². The number of aliphatic hydroxyl groups is 1. The quantitative estimate of drug-likeness (QED) is 0.778. The molecule has 0 aliphatic heterocycles. The van der Waals surface area contributed by atoms with Gasteiger partial charge in [0, 0.05) is 10.00 Å². The molecule has 0 radical (unpaired) electrons. The average molecular weight is 218 g/mol. The number of hydrogen-bond acceptors (Lipinski definition) is 2. The van der Waals surface area contributed by atoms with Crippen LogP contribution in [0.4, 0.5) is 0 Å². The van der Waals surface area contributed by atoms with E-state index in [0.29, 0.717) is 17.1 Å². The Morgan fingerprint density at radius 1 is 0.929 bits per heavy atom. The first-order valence-electron chi connectivity index (χ1n) is 5.51. The van der Waals surface area contributed by atoms with Gasteiger partial charge in [-0.25, -0.2) is 0 Å². The summed E-state index contributed by atoms with van der Waals surface area (Å²) in [5, 5.41) is 10.4. The maximum absolute atomic E-state index is 10.1. The highest BCUT2D eigenvalue weighted by Crippen LogP contribution is 2.35. The van der Waals surface area contributed by atoms with E-state index >= 15 is 0 Å². The van der Waals surface area contributed by atoms with E-state index in [9.17, 15) is 5.11 Å². The molecule has 0 spiro atoms. The second kappa shape index (κ2) is 5.41. The minimum Gasteiger partial charge on any atom is -0.392 e. The molecule has 2 heteroatoms. The SMILES string of the molecule is CC(C)[C@@H](SC(C)(C)C)[C@@H](O)C(C)C. The van der Waals surface area contributed by atoms with Gasteiger partial charge in [-0.15, -0.1) is 11.8 Å². The van der Waals surface area contributed by atoms with Crippen LogP contribution in [-0.2, 0) is 0 Å². The van der Waals surface area contributed by atoms with Gasteiger partial charge in [-0.2, -0.15) is 0 Å². The molecule has 0 saturated heterocycles. The first-order chi connectivity index (χ1) is 6.15. The second-order valence-electron chi connectivity index (χ2n) is 5.67. The predicted molar refractivity (Wildman–Crippen MR) is 66.8 cm³/mol. The summed E-state index contributed by atoms with van der Waals surface area (Å²) in [4.78, 5) is 0. The molecule has 1 nitrogen and oxygen atoms in total. The molecular weight excluding hydrogens is 192 g/mol. The van der Waals surface area contributed by atoms with Gasteiger partial charge in [0.15, 0.2) is 0 Å². The fraction of sp³-hybridized carbons (Fsp3) is 1.00. The smallest absolute Gasteiger partial charge is 0.0684 e. The normalized spacial score (nSPS) is 17.6. The Hall–Kier alpha value is 0.310. The van der Waals surface area contributed by atoms with Gasteiger partial charge in [0.25, 0.3) is 0 Å². The van der Waals surface area contributed by atoms with Crippen LogP contribution in [0.3, 0.4) is 0 Å². The Labute approximate surface area is 93.7 Å². The predicted octanol–water partition coefficient (Wildman–Crippen LogP) is 3.56. The molecule has 0 bridgehead atoms. The summed E-state index contributed by atoms with van der Waals surface area (Å²) in [6.07, 6.45) is -0.195. The molecule has 2 atom stereocenters. The van der Waals surface area contributed by atoms with E-state index in [-0.39, 0.29) is 10.9 Å². The van der Waals surface area contributed by atoms with Crippen LogP contribution in [0.1, 0.15) is 48.5 Å². The molecule has 86 valence electrons. The maximum atomic E-state index is 10.1. The second-order valence-corrected chi connectivity index (χ2v) is 7.68. The van der Waals surface area contributed by atoms with Crippen molar-refractivity contribution in [3.63, 3.8) is 0 Å². The van der Waals surface area contributed by atoms with Crippen LogP contribution in [0.2, 0.25) is 0 Å². The lowest BCUT2D eigenvalue weighted by Gasteiger charge is -2.33. The molecule has 0 unspecified atom stereocenters. The highest BCUT2D eigenvalue weighted by Gasteiger charge is 2.29. The zero-order valence-electron chi connectivity index (χ0n) is 10.7. The lowest BCUT2D eigenvalue weighted by Crippen LogP contribution is -2.35. The summed E-state index contributed by atoms with van der Waals surface area (Å²) < 4.78 is 0.227. The third kappa shape index (κ3) is 5.26.